The van der Waals surface area contributed by atoms with Crippen molar-refractivity contribution >= 4 is 5.91 Å². The predicted molar refractivity (Wildman–Crippen MR) is 115 cm³/mol. The Balaban J connectivity index is 1.65. The van der Waals surface area contributed by atoms with Gasteiger partial charge in [-0.3, -0.25) is 4.79 Å². The van der Waals surface area contributed by atoms with Crippen LogP contribution in [0, 0.1) is 0 Å². The second kappa shape index (κ2) is 9.13. The summed E-state index contributed by atoms with van der Waals surface area (Å²) in [5.74, 6) is 0.630. The van der Waals surface area contributed by atoms with Crippen molar-refractivity contribution in [1.29, 1.82) is 0 Å². The summed E-state index contributed by atoms with van der Waals surface area (Å²) < 4.78 is 1.72. The first kappa shape index (κ1) is 19.5. The molecule has 1 amide bonds. The lowest BCUT2D eigenvalue weighted by molar-refractivity contribution is 0.0730. The average molecular weight is 397 g/mol. The summed E-state index contributed by atoms with van der Waals surface area (Å²) in [6.07, 6.45) is 0. The van der Waals surface area contributed by atoms with Gasteiger partial charge in [-0.15, -0.1) is 5.10 Å². The Labute approximate surface area is 175 Å². The zero-order chi connectivity index (χ0) is 20.8. The first-order valence-electron chi connectivity index (χ1n) is 9.98. The molecule has 0 saturated heterocycles. The molecule has 4 rings (SSSR count). The zero-order valence-corrected chi connectivity index (χ0v) is 16.8. The Hall–Kier alpha value is -3.80. The van der Waals surface area contributed by atoms with Gasteiger partial charge in [-0.25, -0.2) is 4.68 Å². The van der Waals surface area contributed by atoms with Gasteiger partial charge in [0.15, 0.2) is 5.82 Å². The molecule has 0 unspecified atom stereocenters. The third-order valence-electron chi connectivity index (χ3n) is 4.92. The van der Waals surface area contributed by atoms with Crippen LogP contribution >= 0.6 is 0 Å². The predicted octanol–water partition coefficient (Wildman–Crippen LogP) is 4.20. The third kappa shape index (κ3) is 4.43. The first-order chi connectivity index (χ1) is 14.7. The van der Waals surface area contributed by atoms with Gasteiger partial charge in [0, 0.05) is 30.8 Å². The number of hydrogen-bond donors (Lipinski definition) is 0. The number of tetrazole rings is 1. The molecule has 0 aliphatic heterocycles. The number of carbonyl (C=O) groups excluding carboxylic acids is 1. The largest absolute Gasteiger partial charge is 0.330 e. The summed E-state index contributed by atoms with van der Waals surface area (Å²) in [6, 6.07) is 27.6. The van der Waals surface area contributed by atoms with Crippen molar-refractivity contribution in [2.24, 2.45) is 0 Å². The molecule has 3 aromatic carbocycles. The van der Waals surface area contributed by atoms with E-state index < -0.39 is 0 Å². The van der Waals surface area contributed by atoms with Crippen molar-refractivity contribution in [3.8, 4) is 11.4 Å². The molecule has 4 aromatic rings. The van der Waals surface area contributed by atoms with Gasteiger partial charge < -0.3 is 4.90 Å². The lowest BCUT2D eigenvalue weighted by atomic mass is 10.1. The fourth-order valence-corrected chi connectivity index (χ4v) is 3.41. The van der Waals surface area contributed by atoms with Crippen molar-refractivity contribution in [3.05, 3.63) is 102 Å². The first-order valence-corrected chi connectivity index (χ1v) is 9.98. The van der Waals surface area contributed by atoms with E-state index in [-0.39, 0.29) is 5.91 Å². The van der Waals surface area contributed by atoms with Gasteiger partial charge in [0.2, 0.25) is 0 Å². The monoisotopic (exact) mass is 397 g/mol. The summed E-state index contributed by atoms with van der Waals surface area (Å²) >= 11 is 0. The van der Waals surface area contributed by atoms with Gasteiger partial charge in [-0.1, -0.05) is 72.8 Å². The van der Waals surface area contributed by atoms with Crippen LogP contribution in [0.2, 0.25) is 0 Å². The molecule has 0 aliphatic carbocycles. The molecular formula is C24H23N5O. The lowest BCUT2D eigenvalue weighted by Crippen LogP contribution is -2.30. The Bertz CT molecular complexity index is 1070. The fourth-order valence-electron chi connectivity index (χ4n) is 3.41. The van der Waals surface area contributed by atoms with Gasteiger partial charge in [0.25, 0.3) is 5.91 Å². The minimum atomic E-state index is -0.0277. The van der Waals surface area contributed by atoms with Crippen molar-refractivity contribution in [2.75, 3.05) is 0 Å². The molecular weight excluding hydrogens is 374 g/mol. The van der Waals surface area contributed by atoms with Gasteiger partial charge >= 0.3 is 0 Å². The van der Waals surface area contributed by atoms with E-state index in [0.717, 1.165) is 16.7 Å². The molecule has 6 nitrogen and oxygen atoms in total. The van der Waals surface area contributed by atoms with Crippen LogP contribution < -0.4 is 0 Å². The summed E-state index contributed by atoms with van der Waals surface area (Å²) in [5, 5.41) is 11.9. The molecule has 1 aromatic heterocycles. The fraction of sp³-hybridized carbons (Fsp3) is 0.167. The smallest absolute Gasteiger partial charge is 0.254 e. The van der Waals surface area contributed by atoms with Gasteiger partial charge in [-0.05, 0) is 40.6 Å². The topological polar surface area (TPSA) is 63.9 Å². The van der Waals surface area contributed by atoms with Crippen LogP contribution in [0.5, 0.6) is 0 Å². The van der Waals surface area contributed by atoms with Crippen LogP contribution in [0.1, 0.15) is 28.4 Å². The third-order valence-corrected chi connectivity index (χ3v) is 4.92. The number of nitrogens with zero attached hydrogens (tertiary/aromatic N) is 5. The molecule has 30 heavy (non-hydrogen) atoms. The molecule has 0 saturated carbocycles. The number of benzene rings is 3. The summed E-state index contributed by atoms with van der Waals surface area (Å²) in [7, 11) is 0. The van der Waals surface area contributed by atoms with Crippen molar-refractivity contribution in [3.63, 3.8) is 0 Å². The maximum atomic E-state index is 13.5. The van der Waals surface area contributed by atoms with Crippen LogP contribution in [0.3, 0.4) is 0 Å². The van der Waals surface area contributed by atoms with Crippen LogP contribution in [-0.2, 0) is 19.6 Å². The molecule has 0 radical (unpaired) electrons. The number of aromatic nitrogens is 4. The molecule has 1 heterocycles. The number of hydrogen-bond acceptors (Lipinski definition) is 4. The Kier molecular flexibility index (Phi) is 5.94. The summed E-state index contributed by atoms with van der Waals surface area (Å²) in [6.45, 7) is 3.71. The van der Waals surface area contributed by atoms with E-state index in [1.807, 2.05) is 96.8 Å². The SMILES string of the molecule is CCn1nnnc1-c1cccc(C(=O)N(Cc2ccccc2)Cc2ccccc2)c1. The second-order valence-electron chi connectivity index (χ2n) is 7.03. The highest BCUT2D eigenvalue weighted by Crippen LogP contribution is 2.20. The zero-order valence-electron chi connectivity index (χ0n) is 16.8. The van der Waals surface area contributed by atoms with E-state index in [2.05, 4.69) is 15.5 Å². The average Bonchev–Trinajstić information content (AvgIpc) is 3.29. The molecule has 0 spiro atoms. The van der Waals surface area contributed by atoms with Crippen molar-refractivity contribution in [2.45, 2.75) is 26.6 Å². The number of rotatable bonds is 7. The molecule has 150 valence electrons. The van der Waals surface area contributed by atoms with Gasteiger partial charge in [-0.2, -0.15) is 0 Å². The Morgan fingerprint density at radius 3 is 2.10 bits per heavy atom. The maximum absolute atomic E-state index is 13.5. The van der Waals surface area contributed by atoms with E-state index in [1.165, 1.54) is 0 Å². The van der Waals surface area contributed by atoms with Gasteiger partial charge in [0.1, 0.15) is 0 Å². The standard InChI is InChI=1S/C24H23N5O/c1-2-29-23(25-26-27-29)21-14-9-15-22(16-21)24(30)28(17-19-10-5-3-6-11-19)18-20-12-7-4-8-13-20/h3-16H,2,17-18H2,1H3. The number of amides is 1. The van der Waals surface area contributed by atoms with E-state index in [4.69, 9.17) is 0 Å². The minimum absolute atomic E-state index is 0.0277. The maximum Gasteiger partial charge on any atom is 0.254 e. The van der Waals surface area contributed by atoms with Crippen LogP contribution in [-0.4, -0.2) is 31.0 Å². The highest BCUT2D eigenvalue weighted by Gasteiger charge is 2.18. The molecule has 0 N–H and O–H groups in total. The summed E-state index contributed by atoms with van der Waals surface area (Å²) in [5.41, 5.74) is 3.62. The Morgan fingerprint density at radius 2 is 1.50 bits per heavy atom. The van der Waals surface area contributed by atoms with E-state index >= 15 is 0 Å². The highest BCUT2D eigenvalue weighted by atomic mass is 16.2. The molecule has 6 heteroatoms. The van der Waals surface area contributed by atoms with E-state index in [1.54, 1.807) is 4.68 Å². The van der Waals surface area contributed by atoms with E-state index in [0.29, 0.717) is 31.0 Å². The normalized spacial score (nSPS) is 10.7. The highest BCUT2D eigenvalue weighted by molar-refractivity contribution is 5.95. The van der Waals surface area contributed by atoms with Crippen molar-refractivity contribution in [1.82, 2.24) is 25.1 Å². The lowest BCUT2D eigenvalue weighted by Gasteiger charge is -2.23. The molecule has 0 bridgehead atoms. The van der Waals surface area contributed by atoms with Crippen molar-refractivity contribution < 1.29 is 4.79 Å². The molecule has 0 aliphatic rings. The molecule has 0 atom stereocenters. The molecule has 0 fully saturated rings. The van der Waals surface area contributed by atoms with Crippen LogP contribution in [0.15, 0.2) is 84.9 Å². The van der Waals surface area contributed by atoms with Crippen LogP contribution in [0.25, 0.3) is 11.4 Å². The summed E-state index contributed by atoms with van der Waals surface area (Å²) in [4.78, 5) is 15.4. The van der Waals surface area contributed by atoms with Gasteiger partial charge in [0.05, 0.1) is 0 Å². The quantitative estimate of drug-likeness (QED) is 0.469. The van der Waals surface area contributed by atoms with E-state index in [9.17, 15) is 4.79 Å². The Morgan fingerprint density at radius 1 is 0.867 bits per heavy atom. The number of aryl methyl sites for hydroxylation is 1. The minimum Gasteiger partial charge on any atom is -0.330 e. The van der Waals surface area contributed by atoms with Crippen LogP contribution in [0.4, 0.5) is 0 Å². The second-order valence-corrected chi connectivity index (χ2v) is 7.03. The number of carbonyl (C=O) groups is 1.